The second-order valence-electron chi connectivity index (χ2n) is 2.87. The summed E-state index contributed by atoms with van der Waals surface area (Å²) in [6.45, 7) is 1.26. The first-order valence-corrected chi connectivity index (χ1v) is 4.37. The molecule has 4 heteroatoms. The van der Waals surface area contributed by atoms with Gasteiger partial charge >= 0.3 is 0 Å². The van der Waals surface area contributed by atoms with Gasteiger partial charge in [0.15, 0.2) is 0 Å². The summed E-state index contributed by atoms with van der Waals surface area (Å²) in [6, 6.07) is -0.590. The van der Waals surface area contributed by atoms with Gasteiger partial charge in [0.05, 0.1) is 6.04 Å². The Balaban J connectivity index is 3.17. The number of rotatable bonds is 7. The molecule has 0 rings (SSSR count). The summed E-state index contributed by atoms with van der Waals surface area (Å²) < 4.78 is 0. The largest absolute Gasteiger partial charge is 0.368 e. The highest BCUT2D eigenvalue weighted by Crippen LogP contribution is 1.90. The molecule has 0 saturated carbocycles. The maximum absolute atomic E-state index is 10.5. The zero-order chi connectivity index (χ0) is 10.1. The van der Waals surface area contributed by atoms with Gasteiger partial charge in [0, 0.05) is 13.0 Å². The van der Waals surface area contributed by atoms with E-state index in [-0.39, 0.29) is 0 Å². The molecule has 0 heterocycles. The monoisotopic (exact) mass is 183 g/mol. The smallest absolute Gasteiger partial charge is 0.235 e. The van der Waals surface area contributed by atoms with Crippen LogP contribution in [0, 0.1) is 12.3 Å². The molecule has 0 aliphatic heterocycles. The van der Waals surface area contributed by atoms with Crippen LogP contribution in [-0.4, -0.2) is 25.0 Å². The summed E-state index contributed by atoms with van der Waals surface area (Å²) in [5.41, 5.74) is 10.4. The molecule has 0 aliphatic carbocycles. The van der Waals surface area contributed by atoms with E-state index in [0.29, 0.717) is 6.54 Å². The second-order valence-corrected chi connectivity index (χ2v) is 2.87. The van der Waals surface area contributed by atoms with Crippen LogP contribution in [0.25, 0.3) is 0 Å². The van der Waals surface area contributed by atoms with Crippen molar-refractivity contribution in [3.05, 3.63) is 0 Å². The van der Waals surface area contributed by atoms with E-state index in [0.717, 1.165) is 25.8 Å². The average Bonchev–Trinajstić information content (AvgIpc) is 2.10. The van der Waals surface area contributed by atoms with Gasteiger partial charge in [-0.2, -0.15) is 0 Å². The number of nitrogens with one attached hydrogen (secondary N) is 1. The number of nitrogens with two attached hydrogens (primary N) is 2. The van der Waals surface area contributed by atoms with Gasteiger partial charge < -0.3 is 16.8 Å². The van der Waals surface area contributed by atoms with Crippen molar-refractivity contribution >= 4 is 5.91 Å². The highest BCUT2D eigenvalue weighted by molar-refractivity contribution is 5.79. The third kappa shape index (κ3) is 7.32. The lowest BCUT2D eigenvalue weighted by Gasteiger charge is -2.08. The van der Waals surface area contributed by atoms with Gasteiger partial charge in [-0.15, -0.1) is 12.3 Å². The summed E-state index contributed by atoms with van der Waals surface area (Å²) in [5.74, 6) is 2.08. The molecule has 74 valence electrons. The molecule has 0 saturated heterocycles. The number of amides is 1. The first-order valence-electron chi connectivity index (χ1n) is 4.37. The van der Waals surface area contributed by atoms with Gasteiger partial charge in [0.2, 0.25) is 5.91 Å². The maximum atomic E-state index is 10.5. The van der Waals surface area contributed by atoms with Crippen LogP contribution in [0.4, 0.5) is 0 Å². The molecular weight excluding hydrogens is 166 g/mol. The van der Waals surface area contributed by atoms with Crippen LogP contribution in [0.5, 0.6) is 0 Å². The summed E-state index contributed by atoms with van der Waals surface area (Å²) in [7, 11) is 0. The van der Waals surface area contributed by atoms with Crippen LogP contribution >= 0.6 is 0 Å². The Hall–Kier alpha value is -1.05. The van der Waals surface area contributed by atoms with Gasteiger partial charge in [0.1, 0.15) is 0 Å². The number of terminal acetylenes is 1. The van der Waals surface area contributed by atoms with Crippen molar-refractivity contribution in [2.75, 3.05) is 13.1 Å². The van der Waals surface area contributed by atoms with E-state index in [1.54, 1.807) is 0 Å². The van der Waals surface area contributed by atoms with E-state index in [1.165, 1.54) is 0 Å². The van der Waals surface area contributed by atoms with Crippen molar-refractivity contribution in [1.29, 1.82) is 0 Å². The van der Waals surface area contributed by atoms with Crippen molar-refractivity contribution in [2.45, 2.75) is 25.3 Å². The standard InChI is InChI=1S/C9H17N3O/c1-2-3-4-5-6-12-7-8(10)9(11)13/h1,8,12H,3-7,10H2,(H2,11,13). The zero-order valence-electron chi connectivity index (χ0n) is 7.75. The van der Waals surface area contributed by atoms with Crippen LogP contribution in [0.15, 0.2) is 0 Å². The number of carbonyl (C=O) groups is 1. The van der Waals surface area contributed by atoms with Crippen LogP contribution in [-0.2, 0) is 4.79 Å². The summed E-state index contributed by atoms with van der Waals surface area (Å²) >= 11 is 0. The predicted molar refractivity (Wildman–Crippen MR) is 52.7 cm³/mol. The van der Waals surface area contributed by atoms with Crippen molar-refractivity contribution in [3.8, 4) is 12.3 Å². The predicted octanol–water partition coefficient (Wildman–Crippen LogP) is -0.808. The molecule has 0 fully saturated rings. The summed E-state index contributed by atoms with van der Waals surface area (Å²) in [6.07, 6.45) is 7.87. The molecule has 1 atom stereocenters. The molecule has 0 spiro atoms. The lowest BCUT2D eigenvalue weighted by molar-refractivity contribution is -0.119. The molecule has 0 aliphatic rings. The van der Waals surface area contributed by atoms with Crippen molar-refractivity contribution in [1.82, 2.24) is 5.32 Å². The van der Waals surface area contributed by atoms with E-state index in [2.05, 4.69) is 11.2 Å². The van der Waals surface area contributed by atoms with Crippen molar-refractivity contribution in [2.24, 2.45) is 11.5 Å². The molecule has 0 radical (unpaired) electrons. The van der Waals surface area contributed by atoms with Gasteiger partial charge in [0.25, 0.3) is 0 Å². The quantitative estimate of drug-likeness (QED) is 0.357. The fraction of sp³-hybridized carbons (Fsp3) is 0.667. The number of carbonyl (C=O) groups excluding carboxylic acids is 1. The molecule has 0 aromatic rings. The second kappa shape index (κ2) is 7.59. The normalized spacial score (nSPS) is 12.0. The Labute approximate surface area is 79.0 Å². The Morgan fingerprint density at radius 3 is 2.77 bits per heavy atom. The Morgan fingerprint density at radius 1 is 1.54 bits per heavy atom. The molecule has 13 heavy (non-hydrogen) atoms. The Bertz CT molecular complexity index is 186. The average molecular weight is 183 g/mol. The lowest BCUT2D eigenvalue weighted by Crippen LogP contribution is -2.44. The first-order chi connectivity index (χ1) is 6.18. The summed E-state index contributed by atoms with van der Waals surface area (Å²) in [4.78, 5) is 10.5. The highest BCUT2D eigenvalue weighted by Gasteiger charge is 2.06. The molecule has 0 aromatic carbocycles. The molecule has 1 unspecified atom stereocenters. The van der Waals surface area contributed by atoms with E-state index >= 15 is 0 Å². The molecule has 1 amide bonds. The van der Waals surface area contributed by atoms with Gasteiger partial charge in [-0.1, -0.05) is 0 Å². The SMILES string of the molecule is C#CCCCCNCC(N)C(N)=O. The number of primary amides is 1. The lowest BCUT2D eigenvalue weighted by atomic mass is 10.2. The topological polar surface area (TPSA) is 81.1 Å². The van der Waals surface area contributed by atoms with Crippen LogP contribution in [0.1, 0.15) is 19.3 Å². The molecule has 0 bridgehead atoms. The van der Waals surface area contributed by atoms with Crippen LogP contribution < -0.4 is 16.8 Å². The minimum absolute atomic E-state index is 0.436. The number of unbranched alkanes of at least 4 members (excludes halogenated alkanes) is 2. The number of hydrogen-bond donors (Lipinski definition) is 3. The molecule has 5 N–H and O–H groups in total. The highest BCUT2D eigenvalue weighted by atomic mass is 16.1. The fourth-order valence-electron chi connectivity index (χ4n) is 0.835. The molecule has 0 aromatic heterocycles. The third-order valence-corrected chi connectivity index (χ3v) is 1.65. The number of hydrogen-bond acceptors (Lipinski definition) is 3. The van der Waals surface area contributed by atoms with Gasteiger partial charge in [-0.05, 0) is 19.4 Å². The van der Waals surface area contributed by atoms with Crippen molar-refractivity contribution < 1.29 is 4.79 Å². The Kier molecular flexibility index (Phi) is 6.98. The van der Waals surface area contributed by atoms with Gasteiger partial charge in [-0.25, -0.2) is 0 Å². The third-order valence-electron chi connectivity index (χ3n) is 1.65. The van der Waals surface area contributed by atoms with E-state index < -0.39 is 11.9 Å². The van der Waals surface area contributed by atoms with E-state index in [9.17, 15) is 4.79 Å². The first kappa shape index (κ1) is 11.9. The fourth-order valence-corrected chi connectivity index (χ4v) is 0.835. The summed E-state index contributed by atoms with van der Waals surface area (Å²) in [5, 5.41) is 3.03. The maximum Gasteiger partial charge on any atom is 0.235 e. The molecule has 4 nitrogen and oxygen atoms in total. The zero-order valence-corrected chi connectivity index (χ0v) is 7.75. The van der Waals surface area contributed by atoms with Gasteiger partial charge in [-0.3, -0.25) is 4.79 Å². The van der Waals surface area contributed by atoms with E-state index in [1.807, 2.05) is 0 Å². The van der Waals surface area contributed by atoms with Crippen molar-refractivity contribution in [3.63, 3.8) is 0 Å². The minimum atomic E-state index is -0.590. The molecular formula is C9H17N3O. The van der Waals surface area contributed by atoms with Crippen LogP contribution in [0.3, 0.4) is 0 Å². The Morgan fingerprint density at radius 2 is 2.23 bits per heavy atom. The van der Waals surface area contributed by atoms with E-state index in [4.69, 9.17) is 17.9 Å². The minimum Gasteiger partial charge on any atom is -0.368 e. The van der Waals surface area contributed by atoms with Crippen LogP contribution in [0.2, 0.25) is 0 Å².